The van der Waals surface area contributed by atoms with Gasteiger partial charge < -0.3 is 18.4 Å². The molecule has 1 aliphatic carbocycles. The van der Waals surface area contributed by atoms with Gasteiger partial charge in [0.25, 0.3) is 0 Å². The molecule has 0 saturated heterocycles. The maximum absolute atomic E-state index is 6.77. The minimum atomic E-state index is -0.627. The van der Waals surface area contributed by atoms with E-state index < -0.39 is 5.41 Å². The van der Waals surface area contributed by atoms with Gasteiger partial charge >= 0.3 is 0 Å². The highest BCUT2D eigenvalue weighted by atomic mass is 16.5. The summed E-state index contributed by atoms with van der Waals surface area (Å²) in [5.74, 6) is 1.51. The molecular formula is C52H57N5O. The molecule has 2 aliphatic rings. The van der Waals surface area contributed by atoms with Crippen molar-refractivity contribution in [1.82, 2.24) is 14.3 Å². The molecule has 3 heterocycles. The first-order valence-electron chi connectivity index (χ1n) is 20.7. The largest absolute Gasteiger partial charge is 0.459 e. The monoisotopic (exact) mass is 767 g/mol. The third-order valence-electron chi connectivity index (χ3n) is 12.5. The van der Waals surface area contributed by atoms with Crippen LogP contribution in [0.3, 0.4) is 0 Å². The number of nitrogens with zero attached hydrogens (tertiary/aromatic N) is 5. The maximum Gasteiger partial charge on any atom is 0.244 e. The number of fused-ring (bicyclic) bond motifs is 9. The van der Waals surface area contributed by atoms with Crippen LogP contribution < -0.4 is 13.9 Å². The highest BCUT2D eigenvalue weighted by Gasteiger charge is 2.54. The Labute approximate surface area is 344 Å². The van der Waals surface area contributed by atoms with Crippen LogP contribution in [0.15, 0.2) is 91.3 Å². The van der Waals surface area contributed by atoms with Crippen molar-refractivity contribution in [2.75, 3.05) is 0 Å². The van der Waals surface area contributed by atoms with Gasteiger partial charge in [-0.2, -0.15) is 4.68 Å². The Morgan fingerprint density at radius 2 is 1.21 bits per heavy atom. The van der Waals surface area contributed by atoms with E-state index in [0.717, 1.165) is 28.4 Å². The maximum atomic E-state index is 6.77. The molecule has 0 N–H and O–H groups in total. The van der Waals surface area contributed by atoms with Crippen molar-refractivity contribution in [1.29, 1.82) is 0 Å². The number of hydrogen-bond donors (Lipinski definition) is 0. The van der Waals surface area contributed by atoms with E-state index in [1.165, 1.54) is 61.2 Å². The summed E-state index contributed by atoms with van der Waals surface area (Å²) in [6.07, 6.45) is 8.69. The number of aromatic nitrogens is 5. The van der Waals surface area contributed by atoms with E-state index in [1.807, 2.05) is 35.9 Å². The van der Waals surface area contributed by atoms with E-state index in [9.17, 15) is 0 Å². The lowest BCUT2D eigenvalue weighted by Gasteiger charge is -2.45. The van der Waals surface area contributed by atoms with E-state index >= 15 is 0 Å². The van der Waals surface area contributed by atoms with Gasteiger partial charge in [0, 0.05) is 5.69 Å². The standard InChI is InChI=1S/C52H57N5O/c1-48(2,3)32-23-37-38-24-33(49(4,5)6)26-42(51(10,11)12)46(38)52(45(37)41(25-32)50(7,8)9)39-22-21-36(58-35-18-15-17-34(27-35)56-29-53-55(14)31-56)28-44(39)57-30-54(13)43-20-16-19-40(52)47(43)57/h15-29H,1-14H3. The summed E-state index contributed by atoms with van der Waals surface area (Å²) in [5.41, 5.74) is 16.8. The fourth-order valence-electron chi connectivity index (χ4n) is 9.51. The average molecular weight is 768 g/mol. The van der Waals surface area contributed by atoms with Crippen LogP contribution >= 0.6 is 0 Å². The quantitative estimate of drug-likeness (QED) is 0.133. The molecule has 296 valence electrons. The molecule has 0 bridgehead atoms. The number of para-hydroxylation sites is 1. The molecule has 0 saturated carbocycles. The van der Waals surface area contributed by atoms with Gasteiger partial charge in [0.1, 0.15) is 11.5 Å². The van der Waals surface area contributed by atoms with Crippen LogP contribution in [-0.2, 0) is 41.2 Å². The Kier molecular flexibility index (Phi) is 8.05. The predicted molar refractivity (Wildman–Crippen MR) is 233 cm³/mol. The number of ether oxygens (including phenoxy) is 1. The van der Waals surface area contributed by atoms with Gasteiger partial charge in [0.2, 0.25) is 6.33 Å². The van der Waals surface area contributed by atoms with Crippen LogP contribution in [0.5, 0.6) is 11.5 Å². The van der Waals surface area contributed by atoms with Crippen LogP contribution in [-0.4, -0.2) is 14.3 Å². The van der Waals surface area contributed by atoms with Gasteiger partial charge in [-0.05, 0) is 107 Å². The summed E-state index contributed by atoms with van der Waals surface area (Å²) in [7, 11) is 3.98. The topological polar surface area (TPSA) is 39.7 Å². The average Bonchev–Trinajstić information content (AvgIpc) is 3.81. The molecule has 0 amide bonds. The van der Waals surface area contributed by atoms with E-state index in [0.29, 0.717) is 0 Å². The molecule has 9 rings (SSSR count). The second-order valence-corrected chi connectivity index (χ2v) is 20.8. The van der Waals surface area contributed by atoms with Crippen molar-refractivity contribution in [3.05, 3.63) is 148 Å². The first kappa shape index (κ1) is 38.1. The molecule has 6 heteroatoms. The smallest absolute Gasteiger partial charge is 0.244 e. The summed E-state index contributed by atoms with van der Waals surface area (Å²) in [4.78, 5) is 0. The first-order chi connectivity index (χ1) is 27.1. The Bertz CT molecular complexity index is 2740. The van der Waals surface area contributed by atoms with Gasteiger partial charge in [0.15, 0.2) is 12.7 Å². The van der Waals surface area contributed by atoms with Crippen molar-refractivity contribution < 1.29 is 13.9 Å². The molecule has 58 heavy (non-hydrogen) atoms. The fourth-order valence-corrected chi connectivity index (χ4v) is 9.51. The SMILES string of the molecule is Cn1[c-][n+](-c2cccc(Oc3ccc4c(c3)-n3[c-][n+](C)c5cccc(c53)C43c4c(cc(C(C)(C)C)cc4C(C)(C)C)-c4cc(C(C)(C)C)cc(C(C)(C)C)c43)c2)cn1. The third-order valence-corrected chi connectivity index (χ3v) is 12.5. The second-order valence-electron chi connectivity index (χ2n) is 20.8. The molecule has 1 aliphatic heterocycles. The molecule has 6 nitrogen and oxygen atoms in total. The van der Waals surface area contributed by atoms with Crippen LogP contribution in [0.25, 0.3) is 33.5 Å². The zero-order valence-electron chi connectivity index (χ0n) is 36.8. The van der Waals surface area contributed by atoms with Gasteiger partial charge in [-0.15, -0.1) is 0 Å². The van der Waals surface area contributed by atoms with Gasteiger partial charge in [-0.1, -0.05) is 144 Å². The zero-order valence-corrected chi connectivity index (χ0v) is 36.8. The number of aryl methyl sites for hydroxylation is 2. The first-order valence-corrected chi connectivity index (χ1v) is 20.7. The van der Waals surface area contributed by atoms with Crippen molar-refractivity contribution >= 4 is 11.0 Å². The lowest BCUT2D eigenvalue weighted by atomic mass is 9.60. The normalized spacial score (nSPS) is 14.5. The van der Waals surface area contributed by atoms with Crippen molar-refractivity contribution in [3.63, 3.8) is 0 Å². The molecule has 0 unspecified atom stereocenters. The summed E-state index contributed by atoms with van der Waals surface area (Å²) in [6.45, 7) is 28.5. The molecule has 2 aromatic heterocycles. The van der Waals surface area contributed by atoms with Crippen molar-refractivity contribution in [3.8, 4) is 34.0 Å². The molecule has 0 atom stereocenters. The third kappa shape index (κ3) is 5.61. The molecule has 7 aromatic rings. The molecule has 5 aromatic carbocycles. The van der Waals surface area contributed by atoms with Gasteiger partial charge in [-0.3, -0.25) is 0 Å². The lowest BCUT2D eigenvalue weighted by molar-refractivity contribution is -0.649. The fraction of sp³-hybridized carbons (Fsp3) is 0.365. The number of benzene rings is 5. The Balaban J connectivity index is 1.42. The minimum absolute atomic E-state index is 0.0432. The van der Waals surface area contributed by atoms with Crippen LogP contribution in [0.4, 0.5) is 0 Å². The highest BCUT2D eigenvalue weighted by Crippen LogP contribution is 2.64. The molecule has 1 spiro atoms. The van der Waals surface area contributed by atoms with Crippen LogP contribution in [0.1, 0.15) is 128 Å². The second kappa shape index (κ2) is 12.3. The number of imidazole rings is 1. The van der Waals surface area contributed by atoms with Gasteiger partial charge in [0.05, 0.1) is 36.2 Å². The molecular weight excluding hydrogens is 711 g/mol. The predicted octanol–water partition coefficient (Wildman–Crippen LogP) is 10.7. The summed E-state index contributed by atoms with van der Waals surface area (Å²) in [6, 6.07) is 31.9. The summed E-state index contributed by atoms with van der Waals surface area (Å²) < 4.78 is 14.7. The van der Waals surface area contributed by atoms with Crippen molar-refractivity contribution in [2.45, 2.75) is 110 Å². The van der Waals surface area contributed by atoms with Crippen LogP contribution in [0.2, 0.25) is 0 Å². The highest BCUT2D eigenvalue weighted by molar-refractivity contribution is 5.97. The van der Waals surface area contributed by atoms with E-state index in [4.69, 9.17) is 4.74 Å². The molecule has 0 fully saturated rings. The van der Waals surface area contributed by atoms with Crippen LogP contribution in [0, 0.1) is 12.7 Å². The summed E-state index contributed by atoms with van der Waals surface area (Å²) >= 11 is 0. The van der Waals surface area contributed by atoms with E-state index in [2.05, 4.69) is 178 Å². The van der Waals surface area contributed by atoms with Gasteiger partial charge in [-0.25, -0.2) is 0 Å². The number of hydrogen-bond acceptors (Lipinski definition) is 2. The Hall–Kier alpha value is -5.49. The Morgan fingerprint density at radius 3 is 1.76 bits per heavy atom. The molecule has 0 radical (unpaired) electrons. The Morgan fingerprint density at radius 1 is 0.621 bits per heavy atom. The van der Waals surface area contributed by atoms with Crippen molar-refractivity contribution in [2.24, 2.45) is 14.1 Å². The minimum Gasteiger partial charge on any atom is -0.459 e. The van der Waals surface area contributed by atoms with E-state index in [1.54, 1.807) is 11.0 Å². The number of rotatable bonds is 3. The van der Waals surface area contributed by atoms with E-state index in [-0.39, 0.29) is 21.7 Å². The lowest BCUT2D eigenvalue weighted by Crippen LogP contribution is -2.38. The zero-order chi connectivity index (χ0) is 41.5. The summed E-state index contributed by atoms with van der Waals surface area (Å²) in [5, 5.41) is 4.31.